The molecule has 1 fully saturated rings. The Hall–Kier alpha value is -0.660. The van der Waals surface area contributed by atoms with E-state index in [0.29, 0.717) is 18.4 Å². The lowest BCUT2D eigenvalue weighted by Crippen LogP contribution is -2.26. The van der Waals surface area contributed by atoms with Crippen LogP contribution in [0.2, 0.25) is 0 Å². The maximum Gasteiger partial charge on any atom is 0.262 e. The smallest absolute Gasteiger partial charge is 0.262 e. The maximum atomic E-state index is 13.7. The van der Waals surface area contributed by atoms with Gasteiger partial charge in [-0.25, -0.2) is 12.8 Å². The van der Waals surface area contributed by atoms with Gasteiger partial charge in [-0.1, -0.05) is 6.92 Å². The fourth-order valence-electron chi connectivity index (χ4n) is 1.88. The second kappa shape index (κ2) is 5.61. The van der Waals surface area contributed by atoms with Crippen molar-refractivity contribution in [2.75, 3.05) is 6.54 Å². The van der Waals surface area contributed by atoms with E-state index >= 15 is 0 Å². The van der Waals surface area contributed by atoms with Crippen molar-refractivity contribution in [3.05, 3.63) is 28.0 Å². The summed E-state index contributed by atoms with van der Waals surface area (Å²) in [5.74, 6) is -0.347. The van der Waals surface area contributed by atoms with Gasteiger partial charge in [0.15, 0.2) is 0 Å². The molecule has 1 aromatic carbocycles. The Labute approximate surface area is 129 Å². The third-order valence-electron chi connectivity index (χ3n) is 3.32. The molecule has 8 heteroatoms. The summed E-state index contributed by atoms with van der Waals surface area (Å²) in [5, 5.41) is 2.66. The van der Waals surface area contributed by atoms with Crippen LogP contribution >= 0.6 is 26.6 Å². The molecular weight excluding hydrogens is 373 g/mol. The second-order valence-corrected chi connectivity index (χ2v) is 8.22. The molecule has 1 aromatic rings. The minimum Gasteiger partial charge on any atom is -0.352 e. The van der Waals surface area contributed by atoms with Crippen molar-refractivity contribution in [1.82, 2.24) is 5.32 Å². The zero-order valence-corrected chi connectivity index (χ0v) is 13.6. The van der Waals surface area contributed by atoms with Crippen LogP contribution in [0.25, 0.3) is 0 Å². The molecule has 20 heavy (non-hydrogen) atoms. The molecule has 2 rings (SSSR count). The molecule has 0 spiro atoms. The quantitative estimate of drug-likeness (QED) is 0.812. The highest BCUT2D eigenvalue weighted by molar-refractivity contribution is 9.10. The van der Waals surface area contributed by atoms with Crippen molar-refractivity contribution in [3.63, 3.8) is 0 Å². The normalized spacial score (nSPS) is 21.6. The van der Waals surface area contributed by atoms with Crippen LogP contribution in [0.15, 0.2) is 21.5 Å². The Kier molecular flexibility index (Phi) is 4.41. The third kappa shape index (κ3) is 3.51. The first-order chi connectivity index (χ1) is 9.20. The lowest BCUT2D eigenvalue weighted by atomic mass is 10.2. The number of carbonyl (C=O) groups is 1. The van der Waals surface area contributed by atoms with Crippen LogP contribution < -0.4 is 5.32 Å². The van der Waals surface area contributed by atoms with Gasteiger partial charge in [0.05, 0.1) is 4.47 Å². The molecule has 0 heterocycles. The number of nitrogens with one attached hydrogen (secondary N) is 1. The molecule has 2 atom stereocenters. The van der Waals surface area contributed by atoms with E-state index in [1.807, 2.05) is 0 Å². The van der Waals surface area contributed by atoms with Gasteiger partial charge in [0.1, 0.15) is 10.7 Å². The average Bonchev–Trinajstić information content (AvgIpc) is 3.04. The number of carbonyl (C=O) groups excluding carboxylic acids is 1. The highest BCUT2D eigenvalue weighted by Gasteiger charge is 2.32. The van der Waals surface area contributed by atoms with Crippen molar-refractivity contribution in [3.8, 4) is 0 Å². The lowest BCUT2D eigenvalue weighted by molar-refractivity contribution is 0.0950. The molecule has 0 saturated heterocycles. The Balaban J connectivity index is 2.23. The standard InChI is InChI=1S/C12H12BrClFNO3S/c1-6-2-8(6)5-16-12(17)7-3-9(15)11(13)10(4-7)20(14,18)19/h3-4,6,8H,2,5H2,1H3,(H,16,17). The van der Waals surface area contributed by atoms with E-state index in [0.717, 1.165) is 18.6 Å². The molecule has 4 nitrogen and oxygen atoms in total. The Morgan fingerprint density at radius 2 is 2.15 bits per heavy atom. The van der Waals surface area contributed by atoms with E-state index in [-0.39, 0.29) is 10.0 Å². The second-order valence-electron chi connectivity index (χ2n) is 4.89. The third-order valence-corrected chi connectivity index (χ3v) is 5.74. The zero-order chi connectivity index (χ0) is 15.1. The minimum atomic E-state index is -4.13. The van der Waals surface area contributed by atoms with Crippen LogP contribution in [0.5, 0.6) is 0 Å². The van der Waals surface area contributed by atoms with Crippen LogP contribution in [-0.2, 0) is 9.05 Å². The van der Waals surface area contributed by atoms with Crippen molar-refractivity contribution < 1.29 is 17.6 Å². The first kappa shape index (κ1) is 15.7. The van der Waals surface area contributed by atoms with E-state index in [1.54, 1.807) is 0 Å². The first-order valence-electron chi connectivity index (χ1n) is 5.92. The Bertz CT molecular complexity index is 665. The van der Waals surface area contributed by atoms with Gasteiger partial charge >= 0.3 is 0 Å². The SMILES string of the molecule is CC1CC1CNC(=O)c1cc(F)c(Br)c(S(=O)(=O)Cl)c1. The van der Waals surface area contributed by atoms with Crippen molar-refractivity contribution in [2.24, 2.45) is 11.8 Å². The molecule has 1 N–H and O–H groups in total. The molecule has 1 amide bonds. The molecule has 0 radical (unpaired) electrons. The topological polar surface area (TPSA) is 63.2 Å². The van der Waals surface area contributed by atoms with Gasteiger partial charge in [-0.2, -0.15) is 0 Å². The van der Waals surface area contributed by atoms with Gasteiger partial charge in [0.25, 0.3) is 15.0 Å². The average molecular weight is 385 g/mol. The van der Waals surface area contributed by atoms with E-state index in [1.165, 1.54) is 0 Å². The van der Waals surface area contributed by atoms with Crippen LogP contribution in [-0.4, -0.2) is 20.9 Å². The van der Waals surface area contributed by atoms with E-state index in [9.17, 15) is 17.6 Å². The van der Waals surface area contributed by atoms with Gasteiger partial charge in [0.2, 0.25) is 0 Å². The molecule has 1 saturated carbocycles. The number of benzene rings is 1. The molecule has 1 aliphatic carbocycles. The Morgan fingerprint density at radius 1 is 1.55 bits per heavy atom. The molecule has 110 valence electrons. The fourth-order valence-corrected chi connectivity index (χ4v) is 3.97. The molecule has 2 unspecified atom stereocenters. The number of rotatable bonds is 4. The first-order valence-corrected chi connectivity index (χ1v) is 9.02. The summed E-state index contributed by atoms with van der Waals surface area (Å²) in [6.45, 7) is 2.58. The summed E-state index contributed by atoms with van der Waals surface area (Å²) in [6, 6.07) is 2.03. The largest absolute Gasteiger partial charge is 0.352 e. The predicted octanol–water partition coefficient (Wildman–Crippen LogP) is 2.90. The van der Waals surface area contributed by atoms with Crippen molar-refractivity contribution >= 4 is 41.6 Å². The van der Waals surface area contributed by atoms with Gasteiger partial charge in [-0.05, 0) is 46.3 Å². The van der Waals surface area contributed by atoms with Crippen LogP contribution in [0.4, 0.5) is 4.39 Å². The maximum absolute atomic E-state index is 13.7. The van der Waals surface area contributed by atoms with E-state index in [4.69, 9.17) is 10.7 Å². The Morgan fingerprint density at radius 3 is 2.65 bits per heavy atom. The van der Waals surface area contributed by atoms with Crippen molar-refractivity contribution in [1.29, 1.82) is 0 Å². The summed E-state index contributed by atoms with van der Waals surface area (Å²) in [6.07, 6.45) is 1.05. The summed E-state index contributed by atoms with van der Waals surface area (Å²) in [7, 11) is 1.08. The highest BCUT2D eigenvalue weighted by atomic mass is 79.9. The molecule has 0 aromatic heterocycles. The van der Waals surface area contributed by atoms with E-state index in [2.05, 4.69) is 28.2 Å². The number of halogens is 3. The monoisotopic (exact) mass is 383 g/mol. The fraction of sp³-hybridized carbons (Fsp3) is 0.417. The molecule has 0 bridgehead atoms. The molecular formula is C12H12BrClFNO3S. The number of hydrogen-bond donors (Lipinski definition) is 1. The van der Waals surface area contributed by atoms with Crippen LogP contribution in [0, 0.1) is 17.7 Å². The van der Waals surface area contributed by atoms with Crippen LogP contribution in [0.3, 0.4) is 0 Å². The van der Waals surface area contributed by atoms with Crippen molar-refractivity contribution in [2.45, 2.75) is 18.2 Å². The van der Waals surface area contributed by atoms with Gasteiger partial charge in [-0.3, -0.25) is 4.79 Å². The van der Waals surface area contributed by atoms with Gasteiger partial charge in [0, 0.05) is 22.8 Å². The highest BCUT2D eigenvalue weighted by Crippen LogP contribution is 2.36. The summed E-state index contributed by atoms with van der Waals surface area (Å²) in [4.78, 5) is 11.4. The molecule has 1 aliphatic rings. The van der Waals surface area contributed by atoms with Crippen LogP contribution in [0.1, 0.15) is 23.7 Å². The van der Waals surface area contributed by atoms with Gasteiger partial charge in [-0.15, -0.1) is 0 Å². The lowest BCUT2D eigenvalue weighted by Gasteiger charge is -2.08. The minimum absolute atomic E-state index is 0.0711. The summed E-state index contributed by atoms with van der Waals surface area (Å²) < 4.78 is 36.0. The van der Waals surface area contributed by atoms with E-state index < -0.39 is 25.7 Å². The summed E-state index contributed by atoms with van der Waals surface area (Å²) >= 11 is 2.81. The number of hydrogen-bond acceptors (Lipinski definition) is 3. The summed E-state index contributed by atoms with van der Waals surface area (Å²) in [5.41, 5.74) is -0.0711. The number of amides is 1. The molecule has 0 aliphatic heterocycles. The van der Waals surface area contributed by atoms with Gasteiger partial charge < -0.3 is 5.32 Å². The zero-order valence-electron chi connectivity index (χ0n) is 10.5. The predicted molar refractivity (Wildman–Crippen MR) is 76.7 cm³/mol.